The van der Waals surface area contributed by atoms with Gasteiger partial charge in [-0.2, -0.15) is 0 Å². The molecular weight excluding hydrogens is 251 g/mol. The summed E-state index contributed by atoms with van der Waals surface area (Å²) < 4.78 is 2.18. The molecule has 0 aromatic heterocycles. The molecule has 0 saturated heterocycles. The first kappa shape index (κ1) is 7.34. The first-order valence-corrected chi connectivity index (χ1v) is 4.60. The van der Waals surface area contributed by atoms with Crippen molar-refractivity contribution in [2.45, 2.75) is 19.0 Å². The second-order valence-electron chi connectivity index (χ2n) is 2.74. The number of amidine groups is 1. The molecule has 0 spiro atoms. The Kier molecular flexibility index (Phi) is 1.75. The number of halogens is 1. The van der Waals surface area contributed by atoms with Gasteiger partial charge in [0.05, 0.1) is 34.9 Å². The minimum Gasteiger partial charge on any atom is -0.294 e. The predicted octanol–water partition coefficient (Wildman–Crippen LogP) is 1.93. The minimum absolute atomic E-state index is 0.358. The maximum atomic E-state index is 4.49. The van der Waals surface area contributed by atoms with Crippen molar-refractivity contribution in [2.24, 2.45) is 4.99 Å². The maximum absolute atomic E-state index is 4.49. The lowest BCUT2D eigenvalue weighted by molar-refractivity contribution is 0.587. The summed E-state index contributed by atoms with van der Waals surface area (Å²) in [7, 11) is 0. The fraction of sp³-hybridized carbons (Fsp3) is 0.375. The number of fused-ring (bicyclic) bond motifs is 1. The Hall–Kier alpha value is -0.320. The zero-order chi connectivity index (χ0) is 7.84. The monoisotopic (exact) mass is 260 g/mol. The molecule has 2 rings (SSSR count). The Balaban J connectivity index is 2.29. The molecule has 0 amide bonds. The highest BCUT2D eigenvalue weighted by molar-refractivity contribution is 14.1. The summed E-state index contributed by atoms with van der Waals surface area (Å²) in [5, 5.41) is 0. The van der Waals surface area contributed by atoms with Gasteiger partial charge in [-0.25, -0.2) is 0 Å². The molecule has 2 atom stereocenters. The maximum Gasteiger partial charge on any atom is 0.106 e. The van der Waals surface area contributed by atoms with Crippen LogP contribution in [0.1, 0.15) is 6.92 Å². The smallest absolute Gasteiger partial charge is 0.106 e. The molecule has 0 bridgehead atoms. The minimum atomic E-state index is 0.358. The third-order valence-corrected chi connectivity index (χ3v) is 3.33. The summed E-state index contributed by atoms with van der Waals surface area (Å²) >= 11 is 2.31. The third-order valence-electron chi connectivity index (χ3n) is 1.98. The molecule has 58 valence electrons. The van der Waals surface area contributed by atoms with Crippen molar-refractivity contribution < 1.29 is 0 Å². The Morgan fingerprint density at radius 2 is 2.18 bits per heavy atom. The van der Waals surface area contributed by atoms with E-state index in [-0.39, 0.29) is 0 Å². The van der Waals surface area contributed by atoms with E-state index in [0.717, 1.165) is 5.84 Å². The molecule has 1 aliphatic carbocycles. The van der Waals surface area contributed by atoms with E-state index in [1.807, 2.05) is 6.92 Å². The lowest BCUT2D eigenvalue weighted by Crippen LogP contribution is -2.29. The molecule has 2 aliphatic rings. The Bertz CT molecular complexity index is 255. The highest BCUT2D eigenvalue weighted by Gasteiger charge is 2.29. The van der Waals surface area contributed by atoms with Crippen molar-refractivity contribution in [1.29, 1.82) is 0 Å². The number of allylic oxidation sites excluding steroid dienone is 2. The summed E-state index contributed by atoms with van der Waals surface area (Å²) in [4.78, 5) is 4.49. The SMILES string of the molecule is CC1=NC2C=CC=CC2N1I. The number of rotatable bonds is 0. The Morgan fingerprint density at radius 1 is 1.45 bits per heavy atom. The van der Waals surface area contributed by atoms with Gasteiger partial charge in [0.15, 0.2) is 0 Å². The molecule has 0 radical (unpaired) electrons. The molecule has 2 unspecified atom stereocenters. The third kappa shape index (κ3) is 1.11. The number of hydrogen-bond donors (Lipinski definition) is 0. The van der Waals surface area contributed by atoms with Gasteiger partial charge in [0, 0.05) is 0 Å². The molecule has 1 aliphatic heterocycles. The van der Waals surface area contributed by atoms with Gasteiger partial charge in [0.2, 0.25) is 0 Å². The van der Waals surface area contributed by atoms with Gasteiger partial charge in [0.1, 0.15) is 5.84 Å². The van der Waals surface area contributed by atoms with Crippen LogP contribution in [0.15, 0.2) is 29.3 Å². The van der Waals surface area contributed by atoms with Crippen LogP contribution >= 0.6 is 22.9 Å². The first-order valence-electron chi connectivity index (χ1n) is 3.63. The van der Waals surface area contributed by atoms with E-state index in [1.54, 1.807) is 0 Å². The quantitative estimate of drug-likeness (QED) is 0.480. The predicted molar refractivity (Wildman–Crippen MR) is 54.8 cm³/mol. The van der Waals surface area contributed by atoms with Crippen molar-refractivity contribution in [3.05, 3.63) is 24.3 Å². The van der Waals surface area contributed by atoms with Crippen LogP contribution in [-0.2, 0) is 0 Å². The molecular formula is C8H9IN2. The molecule has 3 heteroatoms. The molecule has 2 nitrogen and oxygen atoms in total. The van der Waals surface area contributed by atoms with Gasteiger partial charge >= 0.3 is 0 Å². The van der Waals surface area contributed by atoms with Crippen LogP contribution in [0.5, 0.6) is 0 Å². The van der Waals surface area contributed by atoms with E-state index >= 15 is 0 Å². The lowest BCUT2D eigenvalue weighted by atomic mass is 10.1. The highest BCUT2D eigenvalue weighted by atomic mass is 127. The van der Waals surface area contributed by atoms with Gasteiger partial charge in [-0.05, 0) is 6.92 Å². The molecule has 0 aromatic rings. The molecule has 0 N–H and O–H groups in total. The first-order chi connectivity index (χ1) is 5.29. The summed E-state index contributed by atoms with van der Waals surface area (Å²) in [6.45, 7) is 2.05. The standard InChI is InChI=1S/C8H9IN2/c1-6-10-7-4-2-3-5-8(7)11(6)9/h2-5,7-8H,1H3. The molecule has 0 saturated carbocycles. The van der Waals surface area contributed by atoms with Crippen molar-refractivity contribution in [1.82, 2.24) is 3.11 Å². The van der Waals surface area contributed by atoms with E-state index in [2.05, 4.69) is 55.3 Å². The fourth-order valence-electron chi connectivity index (χ4n) is 1.40. The van der Waals surface area contributed by atoms with Crippen molar-refractivity contribution >= 4 is 28.7 Å². The average Bonchev–Trinajstić information content (AvgIpc) is 2.30. The van der Waals surface area contributed by atoms with E-state index in [4.69, 9.17) is 0 Å². The largest absolute Gasteiger partial charge is 0.294 e. The van der Waals surface area contributed by atoms with Crippen LogP contribution < -0.4 is 0 Å². The summed E-state index contributed by atoms with van der Waals surface area (Å²) in [5.74, 6) is 1.12. The number of nitrogens with zero attached hydrogens (tertiary/aromatic N) is 2. The van der Waals surface area contributed by atoms with Gasteiger partial charge in [-0.3, -0.25) is 8.11 Å². The zero-order valence-corrected chi connectivity index (χ0v) is 8.39. The average molecular weight is 260 g/mol. The zero-order valence-electron chi connectivity index (χ0n) is 6.24. The second-order valence-corrected chi connectivity index (χ2v) is 3.78. The van der Waals surface area contributed by atoms with Crippen LogP contribution in [0.4, 0.5) is 0 Å². The highest BCUT2D eigenvalue weighted by Crippen LogP contribution is 2.25. The van der Waals surface area contributed by atoms with Gasteiger partial charge in [-0.15, -0.1) is 0 Å². The fourth-order valence-corrected chi connectivity index (χ4v) is 2.04. The van der Waals surface area contributed by atoms with E-state index in [9.17, 15) is 0 Å². The van der Waals surface area contributed by atoms with Crippen LogP contribution in [0, 0.1) is 0 Å². The van der Waals surface area contributed by atoms with Crippen molar-refractivity contribution in [2.75, 3.05) is 0 Å². The summed E-state index contributed by atoms with van der Waals surface area (Å²) in [6.07, 6.45) is 8.48. The lowest BCUT2D eigenvalue weighted by Gasteiger charge is -2.20. The second kappa shape index (κ2) is 2.62. The van der Waals surface area contributed by atoms with E-state index in [1.165, 1.54) is 0 Å². The summed E-state index contributed by atoms with van der Waals surface area (Å²) in [6, 6.07) is 0.817. The van der Waals surface area contributed by atoms with Gasteiger partial charge < -0.3 is 0 Å². The summed E-state index contributed by atoms with van der Waals surface area (Å²) in [5.41, 5.74) is 0. The van der Waals surface area contributed by atoms with Crippen LogP contribution in [0.3, 0.4) is 0 Å². The Labute approximate surface area is 80.2 Å². The number of aliphatic imine (C=N–C) groups is 1. The van der Waals surface area contributed by atoms with Crippen LogP contribution in [0.25, 0.3) is 0 Å². The van der Waals surface area contributed by atoms with E-state index < -0.39 is 0 Å². The molecule has 1 heterocycles. The van der Waals surface area contributed by atoms with Crippen LogP contribution in [0.2, 0.25) is 0 Å². The normalized spacial score (nSPS) is 34.0. The van der Waals surface area contributed by atoms with E-state index in [0.29, 0.717) is 12.1 Å². The molecule has 0 aromatic carbocycles. The molecule has 11 heavy (non-hydrogen) atoms. The van der Waals surface area contributed by atoms with Crippen LogP contribution in [-0.4, -0.2) is 21.0 Å². The molecule has 0 fully saturated rings. The number of hydrogen-bond acceptors (Lipinski definition) is 2. The van der Waals surface area contributed by atoms with Crippen molar-refractivity contribution in [3.63, 3.8) is 0 Å². The topological polar surface area (TPSA) is 15.6 Å². The van der Waals surface area contributed by atoms with Gasteiger partial charge in [0.25, 0.3) is 0 Å². The van der Waals surface area contributed by atoms with Crippen molar-refractivity contribution in [3.8, 4) is 0 Å². The van der Waals surface area contributed by atoms with Gasteiger partial charge in [-0.1, -0.05) is 24.3 Å². The Morgan fingerprint density at radius 3 is 2.91 bits per heavy atom.